The lowest BCUT2D eigenvalue weighted by Gasteiger charge is -2.10. The van der Waals surface area contributed by atoms with Gasteiger partial charge in [0.2, 0.25) is 0 Å². The van der Waals surface area contributed by atoms with E-state index < -0.39 is 0 Å². The SMILES string of the molecule is N#Cc1cc(Cl)cc(Oc2c(Cl)ccc3c2cnn3Cc2nnc3n(O)cccc2-3)c1. The van der Waals surface area contributed by atoms with Crippen molar-refractivity contribution in [1.29, 1.82) is 5.26 Å². The number of ether oxygens (including phenoxy) is 1. The van der Waals surface area contributed by atoms with Gasteiger partial charge in [0.25, 0.3) is 0 Å². The molecule has 0 aliphatic carbocycles. The lowest BCUT2D eigenvalue weighted by Crippen LogP contribution is -2.03. The average Bonchev–Trinajstić information content (AvgIpc) is 3.35. The van der Waals surface area contributed by atoms with Gasteiger partial charge in [0.1, 0.15) is 5.75 Å². The van der Waals surface area contributed by atoms with Crippen molar-refractivity contribution in [3.63, 3.8) is 0 Å². The van der Waals surface area contributed by atoms with Crippen molar-refractivity contribution >= 4 is 34.1 Å². The molecular formula is C21H12Cl2N6O2. The van der Waals surface area contributed by atoms with E-state index in [1.165, 1.54) is 6.20 Å². The Morgan fingerprint density at radius 3 is 2.84 bits per heavy atom. The number of fused-ring (bicyclic) bond motifs is 2. The van der Waals surface area contributed by atoms with Gasteiger partial charge in [0, 0.05) is 16.8 Å². The van der Waals surface area contributed by atoms with Gasteiger partial charge in [0.05, 0.1) is 46.0 Å². The molecular weight excluding hydrogens is 439 g/mol. The van der Waals surface area contributed by atoms with Gasteiger partial charge < -0.3 is 9.94 Å². The van der Waals surface area contributed by atoms with Crippen LogP contribution < -0.4 is 4.74 Å². The zero-order valence-electron chi connectivity index (χ0n) is 15.7. The maximum atomic E-state index is 9.88. The van der Waals surface area contributed by atoms with Crippen molar-refractivity contribution in [1.82, 2.24) is 24.7 Å². The number of aromatic nitrogens is 5. The molecule has 10 heteroatoms. The number of nitrogens with zero attached hydrogens (tertiary/aromatic N) is 6. The second kappa shape index (κ2) is 7.47. The summed E-state index contributed by atoms with van der Waals surface area (Å²) in [7, 11) is 0. The molecule has 8 nitrogen and oxygen atoms in total. The molecule has 1 N–H and O–H groups in total. The molecule has 0 spiro atoms. The molecule has 5 rings (SSSR count). The predicted octanol–water partition coefficient (Wildman–Crippen LogP) is 4.99. The number of hydrogen-bond donors (Lipinski definition) is 1. The Bertz CT molecular complexity index is 1450. The Hall–Kier alpha value is -3.80. The molecule has 2 aliphatic heterocycles. The lowest BCUT2D eigenvalue weighted by atomic mass is 10.2. The largest absolute Gasteiger partial charge is 0.455 e. The quantitative estimate of drug-likeness (QED) is 0.387. The van der Waals surface area contributed by atoms with Gasteiger partial charge in [-0.3, -0.25) is 4.68 Å². The van der Waals surface area contributed by atoms with Crippen molar-refractivity contribution in [2.75, 3.05) is 0 Å². The first-order valence-corrected chi connectivity index (χ1v) is 9.83. The van der Waals surface area contributed by atoms with E-state index >= 15 is 0 Å². The molecule has 0 saturated carbocycles. The Balaban J connectivity index is 1.53. The first kappa shape index (κ1) is 19.2. The van der Waals surface area contributed by atoms with Crippen molar-refractivity contribution in [3.05, 3.63) is 76.2 Å². The molecule has 1 aromatic heterocycles. The number of benzene rings is 2. The van der Waals surface area contributed by atoms with Crippen LogP contribution in [0.2, 0.25) is 10.0 Å². The summed E-state index contributed by atoms with van der Waals surface area (Å²) < 4.78 is 8.67. The van der Waals surface area contributed by atoms with Gasteiger partial charge in [-0.25, -0.2) is 0 Å². The monoisotopic (exact) mass is 450 g/mol. The third kappa shape index (κ3) is 3.40. The van der Waals surface area contributed by atoms with Crippen LogP contribution in [-0.4, -0.2) is 29.9 Å². The third-order valence-corrected chi connectivity index (χ3v) is 5.29. The highest BCUT2D eigenvalue weighted by atomic mass is 35.5. The molecule has 0 saturated heterocycles. The highest BCUT2D eigenvalue weighted by Crippen LogP contribution is 2.38. The standard InChI is InChI=1S/C21H12Cl2N6O2/c22-13-6-12(9-24)7-14(8-13)31-20-16-10-25-28(19(16)4-3-17(20)23)11-18-15-2-1-5-29(30)21(15)27-26-18/h1-8,10,30H,11H2. The first-order chi connectivity index (χ1) is 15.0. The van der Waals surface area contributed by atoms with Crippen LogP contribution in [0.5, 0.6) is 11.5 Å². The number of nitriles is 1. The topological polar surface area (TPSA) is 102 Å². The van der Waals surface area contributed by atoms with Crippen LogP contribution in [0.1, 0.15) is 11.3 Å². The number of rotatable bonds is 4. The number of pyridine rings is 1. The Labute approximate surface area is 185 Å². The summed E-state index contributed by atoms with van der Waals surface area (Å²) in [5.74, 6) is 1.17. The fraction of sp³-hybridized carbons (Fsp3) is 0.0476. The van der Waals surface area contributed by atoms with Crippen LogP contribution in [0.15, 0.2) is 54.9 Å². The normalized spacial score (nSPS) is 11.1. The summed E-state index contributed by atoms with van der Waals surface area (Å²) in [5.41, 5.74) is 2.53. The maximum Gasteiger partial charge on any atom is 0.198 e. The molecule has 3 aromatic rings. The molecule has 0 amide bonds. The van der Waals surface area contributed by atoms with Gasteiger partial charge in [-0.15, -0.1) is 5.10 Å². The van der Waals surface area contributed by atoms with E-state index in [1.807, 2.05) is 18.2 Å². The first-order valence-electron chi connectivity index (χ1n) is 9.08. The minimum atomic E-state index is 0.334. The summed E-state index contributed by atoms with van der Waals surface area (Å²) in [4.78, 5) is 0. The van der Waals surface area contributed by atoms with Gasteiger partial charge in [-0.2, -0.15) is 20.2 Å². The third-order valence-electron chi connectivity index (χ3n) is 4.77. The van der Waals surface area contributed by atoms with Gasteiger partial charge in [0.15, 0.2) is 11.6 Å². The number of hydrogen-bond acceptors (Lipinski definition) is 6. The molecule has 2 aromatic carbocycles. The summed E-state index contributed by atoms with van der Waals surface area (Å²) in [5, 5.41) is 33.2. The van der Waals surface area contributed by atoms with E-state index in [9.17, 15) is 5.21 Å². The molecule has 0 radical (unpaired) electrons. The summed E-state index contributed by atoms with van der Waals surface area (Å²) in [6.45, 7) is 0.334. The second-order valence-electron chi connectivity index (χ2n) is 6.74. The van der Waals surface area contributed by atoms with E-state index in [-0.39, 0.29) is 0 Å². The molecule has 0 bridgehead atoms. The van der Waals surface area contributed by atoms with E-state index in [0.717, 1.165) is 15.8 Å². The van der Waals surface area contributed by atoms with Crippen LogP contribution in [0.3, 0.4) is 0 Å². The second-order valence-corrected chi connectivity index (χ2v) is 7.58. The lowest BCUT2D eigenvalue weighted by molar-refractivity contribution is 0.186. The zero-order valence-corrected chi connectivity index (χ0v) is 17.2. The molecule has 3 heterocycles. The van der Waals surface area contributed by atoms with Gasteiger partial charge in [-0.1, -0.05) is 23.2 Å². The Morgan fingerprint density at radius 2 is 2.00 bits per heavy atom. The fourth-order valence-electron chi connectivity index (χ4n) is 3.37. The highest BCUT2D eigenvalue weighted by Gasteiger charge is 2.19. The van der Waals surface area contributed by atoms with Crippen LogP contribution >= 0.6 is 23.2 Å². The van der Waals surface area contributed by atoms with Gasteiger partial charge in [-0.05, 0) is 42.5 Å². The van der Waals surface area contributed by atoms with E-state index in [2.05, 4.69) is 15.3 Å². The minimum Gasteiger partial charge on any atom is -0.455 e. The molecule has 31 heavy (non-hydrogen) atoms. The smallest absolute Gasteiger partial charge is 0.198 e. The highest BCUT2D eigenvalue weighted by molar-refractivity contribution is 6.33. The van der Waals surface area contributed by atoms with E-state index in [1.54, 1.807) is 41.2 Å². The zero-order chi connectivity index (χ0) is 21.5. The predicted molar refractivity (Wildman–Crippen MR) is 114 cm³/mol. The maximum absolute atomic E-state index is 9.88. The Kier molecular flexibility index (Phi) is 4.62. The van der Waals surface area contributed by atoms with Crippen LogP contribution in [0, 0.1) is 11.3 Å². The number of halogens is 2. The summed E-state index contributed by atoms with van der Waals surface area (Å²) in [6, 6.07) is 13.9. The molecule has 0 atom stereocenters. The van der Waals surface area contributed by atoms with Crippen LogP contribution in [0.4, 0.5) is 0 Å². The molecule has 152 valence electrons. The summed E-state index contributed by atoms with van der Waals surface area (Å²) >= 11 is 12.5. The minimum absolute atomic E-state index is 0.334. The molecule has 0 fully saturated rings. The van der Waals surface area contributed by atoms with E-state index in [4.69, 9.17) is 33.2 Å². The van der Waals surface area contributed by atoms with Crippen LogP contribution in [-0.2, 0) is 6.54 Å². The average molecular weight is 451 g/mol. The van der Waals surface area contributed by atoms with Crippen molar-refractivity contribution in [3.8, 4) is 29.0 Å². The van der Waals surface area contributed by atoms with Crippen molar-refractivity contribution in [2.24, 2.45) is 0 Å². The summed E-state index contributed by atoms with van der Waals surface area (Å²) in [6.07, 6.45) is 3.14. The van der Waals surface area contributed by atoms with Crippen molar-refractivity contribution < 1.29 is 9.94 Å². The Morgan fingerprint density at radius 1 is 1.13 bits per heavy atom. The molecule has 0 unspecified atom stereocenters. The van der Waals surface area contributed by atoms with Gasteiger partial charge >= 0.3 is 0 Å². The van der Waals surface area contributed by atoms with Crippen LogP contribution in [0.25, 0.3) is 22.3 Å². The fourth-order valence-corrected chi connectivity index (χ4v) is 3.80. The molecule has 2 aliphatic rings. The van der Waals surface area contributed by atoms with Crippen molar-refractivity contribution in [2.45, 2.75) is 6.54 Å². The van der Waals surface area contributed by atoms with E-state index in [0.29, 0.717) is 50.6 Å².